The molecule has 5 rings (SSSR count). The van der Waals surface area contributed by atoms with Gasteiger partial charge in [0.15, 0.2) is 5.96 Å². The number of nitrogens with two attached hydrogens (primary N) is 2. The van der Waals surface area contributed by atoms with Crippen LogP contribution in [0.2, 0.25) is 0 Å². The lowest BCUT2D eigenvalue weighted by Gasteiger charge is -2.39. The van der Waals surface area contributed by atoms with E-state index in [1.165, 1.54) is 4.90 Å². The lowest BCUT2D eigenvalue weighted by Crippen LogP contribution is -2.56. The third-order valence-electron chi connectivity index (χ3n) is 9.33. The number of rotatable bonds is 16. The molecule has 0 aliphatic heterocycles. The van der Waals surface area contributed by atoms with E-state index in [0.717, 1.165) is 0 Å². The molecule has 0 aromatic heterocycles. The van der Waals surface area contributed by atoms with Crippen molar-refractivity contribution in [2.45, 2.75) is 51.0 Å². The quantitative estimate of drug-likeness (QED) is 0.0593. The number of carbonyl (C=O) groups is 4. The fraction of sp³-hybridized carbons (Fsp3) is 0.222. The Morgan fingerprint density at radius 2 is 1.07 bits per heavy atom. The Hall–Kier alpha value is -6.95. The molecule has 12 heteroatoms. The minimum absolute atomic E-state index is 0.0490. The monoisotopic (exact) mass is 769 g/mol. The van der Waals surface area contributed by atoms with Gasteiger partial charge in [-0.25, -0.2) is 9.59 Å². The van der Waals surface area contributed by atoms with Gasteiger partial charge < -0.3 is 30.6 Å². The smallest absolute Gasteiger partial charge is 0.426 e. The largest absolute Gasteiger partial charge is 0.497 e. The minimum atomic E-state index is -1.42. The number of hydrogen-bond acceptors (Lipinski definition) is 8. The van der Waals surface area contributed by atoms with E-state index < -0.39 is 42.0 Å². The zero-order valence-electron chi connectivity index (χ0n) is 32.0. The van der Waals surface area contributed by atoms with Gasteiger partial charge in [0.05, 0.1) is 19.1 Å². The summed E-state index contributed by atoms with van der Waals surface area (Å²) in [6.45, 7) is 1.41. The molecule has 0 fully saturated rings. The van der Waals surface area contributed by atoms with Crippen LogP contribution in [0.15, 0.2) is 151 Å². The molecule has 0 bridgehead atoms. The normalized spacial score (nSPS) is 11.8. The number of carbonyl (C=O) groups excluding carboxylic acids is 4. The van der Waals surface area contributed by atoms with E-state index in [2.05, 4.69) is 4.99 Å². The van der Waals surface area contributed by atoms with Crippen molar-refractivity contribution in [2.24, 2.45) is 16.5 Å². The van der Waals surface area contributed by atoms with E-state index >= 15 is 9.59 Å². The zero-order valence-corrected chi connectivity index (χ0v) is 32.0. The van der Waals surface area contributed by atoms with Gasteiger partial charge in [0, 0.05) is 6.54 Å². The van der Waals surface area contributed by atoms with Crippen molar-refractivity contribution in [3.8, 4) is 5.75 Å². The summed E-state index contributed by atoms with van der Waals surface area (Å²) < 4.78 is 16.6. The van der Waals surface area contributed by atoms with Crippen molar-refractivity contribution < 1.29 is 33.4 Å². The topological polar surface area (TPSA) is 167 Å². The van der Waals surface area contributed by atoms with Crippen LogP contribution in [0.4, 0.5) is 9.59 Å². The van der Waals surface area contributed by atoms with Crippen LogP contribution in [-0.4, -0.2) is 59.5 Å². The lowest BCUT2D eigenvalue weighted by molar-refractivity contribution is -0.147. The molecule has 57 heavy (non-hydrogen) atoms. The summed E-state index contributed by atoms with van der Waals surface area (Å²) in [6.07, 6.45) is -2.38. The van der Waals surface area contributed by atoms with Gasteiger partial charge in [0.2, 0.25) is 5.91 Å². The molecule has 0 saturated carbocycles. The Morgan fingerprint density at radius 3 is 1.51 bits per heavy atom. The van der Waals surface area contributed by atoms with Gasteiger partial charge in [-0.15, -0.1) is 4.90 Å². The molecule has 4 amide bonds. The third kappa shape index (κ3) is 11.3. The second-order valence-corrected chi connectivity index (χ2v) is 13.2. The van der Waals surface area contributed by atoms with Gasteiger partial charge in [-0.3, -0.25) is 14.6 Å². The van der Waals surface area contributed by atoms with Gasteiger partial charge in [0.25, 0.3) is 5.91 Å². The van der Waals surface area contributed by atoms with Crippen molar-refractivity contribution >= 4 is 30.0 Å². The second kappa shape index (κ2) is 20.7. The van der Waals surface area contributed by atoms with Crippen molar-refractivity contribution in [1.29, 1.82) is 0 Å². The SMILES string of the molecule is COc1ccc(C(C)N(C(=O)C(c2ccccc2)c2ccccc2)[C@H](CCCN=C(N)N)C(=O)N(C(=O)OCc2ccccc2)C(=O)OCc2ccccc2)cc1. The predicted octanol–water partition coefficient (Wildman–Crippen LogP) is 7.34. The van der Waals surface area contributed by atoms with E-state index in [4.69, 9.17) is 25.7 Å². The number of imide groups is 3. The first-order chi connectivity index (χ1) is 27.7. The Morgan fingerprint density at radius 1 is 0.614 bits per heavy atom. The molecular formula is C45H47N5O7. The molecule has 0 spiro atoms. The van der Waals surface area contributed by atoms with Crippen molar-refractivity contribution in [1.82, 2.24) is 9.80 Å². The summed E-state index contributed by atoms with van der Waals surface area (Å²) in [5.41, 5.74) is 14.5. The Balaban J connectivity index is 1.63. The van der Waals surface area contributed by atoms with E-state index in [0.29, 0.717) is 38.5 Å². The highest BCUT2D eigenvalue weighted by molar-refractivity contribution is 6.09. The maximum Gasteiger partial charge on any atom is 0.426 e. The average Bonchev–Trinajstić information content (AvgIpc) is 3.24. The molecule has 1 unspecified atom stereocenters. The summed E-state index contributed by atoms with van der Waals surface area (Å²) in [6, 6.07) is 41.0. The molecule has 0 radical (unpaired) electrons. The van der Waals surface area contributed by atoms with Crippen LogP contribution in [0.25, 0.3) is 0 Å². The second-order valence-electron chi connectivity index (χ2n) is 13.2. The van der Waals surface area contributed by atoms with Gasteiger partial charge in [-0.2, -0.15) is 0 Å². The van der Waals surface area contributed by atoms with Crippen LogP contribution < -0.4 is 16.2 Å². The van der Waals surface area contributed by atoms with Crippen LogP contribution in [0, 0.1) is 0 Å². The molecule has 0 heterocycles. The highest BCUT2D eigenvalue weighted by Crippen LogP contribution is 2.35. The summed E-state index contributed by atoms with van der Waals surface area (Å²) >= 11 is 0. The number of benzene rings is 5. The maximum absolute atomic E-state index is 15.5. The summed E-state index contributed by atoms with van der Waals surface area (Å²) in [7, 11) is 1.55. The summed E-state index contributed by atoms with van der Waals surface area (Å²) in [5, 5.41) is 0. The van der Waals surface area contributed by atoms with E-state index in [-0.39, 0.29) is 38.6 Å². The number of nitrogens with zero attached hydrogens (tertiary/aromatic N) is 3. The van der Waals surface area contributed by atoms with Gasteiger partial charge in [-0.1, -0.05) is 133 Å². The molecule has 5 aromatic rings. The lowest BCUT2D eigenvalue weighted by atomic mass is 9.88. The Bertz CT molecular complexity index is 1980. The first kappa shape index (κ1) is 41.2. The highest BCUT2D eigenvalue weighted by atomic mass is 16.6. The van der Waals surface area contributed by atoms with E-state index in [1.54, 1.807) is 86.8 Å². The van der Waals surface area contributed by atoms with Gasteiger partial charge >= 0.3 is 12.2 Å². The number of aliphatic imine (C=N–C) groups is 1. The first-order valence-electron chi connectivity index (χ1n) is 18.5. The molecular weight excluding hydrogens is 723 g/mol. The molecule has 0 aliphatic carbocycles. The number of guanidine groups is 1. The van der Waals surface area contributed by atoms with Crippen LogP contribution in [0.1, 0.15) is 59.5 Å². The number of hydrogen-bond donors (Lipinski definition) is 2. The van der Waals surface area contributed by atoms with Crippen LogP contribution >= 0.6 is 0 Å². The first-order valence-corrected chi connectivity index (χ1v) is 18.5. The number of methoxy groups -OCH3 is 1. The van der Waals surface area contributed by atoms with Crippen molar-refractivity contribution in [3.63, 3.8) is 0 Å². The molecule has 5 aromatic carbocycles. The van der Waals surface area contributed by atoms with Crippen LogP contribution in [-0.2, 0) is 32.3 Å². The molecule has 0 saturated heterocycles. The summed E-state index contributed by atoms with van der Waals surface area (Å²) in [5.74, 6) is -1.92. The minimum Gasteiger partial charge on any atom is -0.497 e. The molecule has 4 N–H and O–H groups in total. The predicted molar refractivity (Wildman–Crippen MR) is 217 cm³/mol. The van der Waals surface area contributed by atoms with Crippen molar-refractivity contribution in [2.75, 3.05) is 13.7 Å². The fourth-order valence-corrected chi connectivity index (χ4v) is 6.42. The Labute approximate surface area is 332 Å². The average molecular weight is 770 g/mol. The van der Waals surface area contributed by atoms with E-state index in [1.807, 2.05) is 72.8 Å². The van der Waals surface area contributed by atoms with Gasteiger partial charge in [0.1, 0.15) is 25.0 Å². The zero-order chi connectivity index (χ0) is 40.6. The third-order valence-corrected chi connectivity index (χ3v) is 9.33. The fourth-order valence-electron chi connectivity index (χ4n) is 6.42. The van der Waals surface area contributed by atoms with Crippen molar-refractivity contribution in [3.05, 3.63) is 173 Å². The highest BCUT2D eigenvalue weighted by Gasteiger charge is 2.44. The van der Waals surface area contributed by atoms with E-state index in [9.17, 15) is 9.59 Å². The molecule has 12 nitrogen and oxygen atoms in total. The molecule has 0 aliphatic rings. The molecule has 294 valence electrons. The van der Waals surface area contributed by atoms with Crippen LogP contribution in [0.3, 0.4) is 0 Å². The number of ether oxygens (including phenoxy) is 3. The van der Waals surface area contributed by atoms with Gasteiger partial charge in [-0.05, 0) is 59.7 Å². The Kier molecular flexibility index (Phi) is 14.9. The maximum atomic E-state index is 15.5. The standard InChI is InChI=1S/C45H47N5O7/c1-32(35-25-27-38(55-2)28-26-35)49(42(52)40(36-20-11-5-12-21-36)37-22-13-6-14-23-37)39(24-15-29-48-43(46)47)41(51)50(44(53)56-30-33-16-7-3-8-17-33)45(54)57-31-34-18-9-4-10-19-34/h3-14,16-23,25-28,32,39-40H,15,24,29-31H2,1-2H3,(H4,46,47,48)/t32?,39-/m1/s1. The summed E-state index contributed by atoms with van der Waals surface area (Å²) in [4.78, 5) is 64.6. The van der Waals surface area contributed by atoms with Crippen LogP contribution in [0.5, 0.6) is 5.75 Å². The number of amides is 4. The molecule has 2 atom stereocenters.